The maximum atomic E-state index is 11.6. The van der Waals surface area contributed by atoms with Crippen molar-refractivity contribution in [2.75, 3.05) is 0 Å². The number of nitrogens with one attached hydrogen (secondary N) is 1. The summed E-state index contributed by atoms with van der Waals surface area (Å²) >= 11 is 0. The first kappa shape index (κ1) is 9.65. The topological polar surface area (TPSA) is 71.5 Å². The van der Waals surface area contributed by atoms with Crippen LogP contribution in [-0.4, -0.2) is 19.9 Å². The number of rotatable bonds is 1. The Kier molecular flexibility index (Phi) is 2.15. The van der Waals surface area contributed by atoms with Crippen LogP contribution >= 0.6 is 0 Å². The molecule has 2 aromatic heterocycles. The third-order valence-electron chi connectivity index (χ3n) is 2.42. The monoisotopic (exact) mass is 224 g/mol. The van der Waals surface area contributed by atoms with Crippen LogP contribution in [0.15, 0.2) is 47.7 Å². The molecule has 3 aromatic rings. The molecule has 0 spiro atoms. The first-order valence-electron chi connectivity index (χ1n) is 5.10. The van der Waals surface area contributed by atoms with E-state index in [9.17, 15) is 4.79 Å². The molecule has 82 valence electrons. The van der Waals surface area contributed by atoms with Gasteiger partial charge >= 0.3 is 0 Å². The van der Waals surface area contributed by atoms with Crippen molar-refractivity contribution in [1.82, 2.24) is 19.9 Å². The molecule has 5 nitrogen and oxygen atoms in total. The third-order valence-corrected chi connectivity index (χ3v) is 2.42. The number of fused-ring (bicyclic) bond motifs is 1. The van der Waals surface area contributed by atoms with Gasteiger partial charge in [-0.15, -0.1) is 0 Å². The minimum atomic E-state index is -0.278. The standard InChI is InChI=1S/C12H8N4O/c17-12-10-11(14-7-15-12)13-6-9(16-10)8-4-2-1-3-5-8/h1-7H,(H,13,14,15,17). The molecule has 0 aliphatic rings. The van der Waals surface area contributed by atoms with Gasteiger partial charge in [0, 0.05) is 5.56 Å². The van der Waals surface area contributed by atoms with Crippen LogP contribution in [0.1, 0.15) is 0 Å². The number of benzene rings is 1. The van der Waals surface area contributed by atoms with Crippen molar-refractivity contribution in [3.05, 3.63) is 53.2 Å². The fraction of sp³-hybridized carbons (Fsp3) is 0. The molecule has 0 atom stereocenters. The molecule has 1 aromatic carbocycles. The average molecular weight is 224 g/mol. The number of H-pyrrole nitrogens is 1. The van der Waals surface area contributed by atoms with E-state index in [0.29, 0.717) is 11.3 Å². The van der Waals surface area contributed by atoms with E-state index in [-0.39, 0.29) is 11.1 Å². The Morgan fingerprint density at radius 2 is 1.88 bits per heavy atom. The number of hydrogen-bond acceptors (Lipinski definition) is 4. The molecular formula is C12H8N4O. The van der Waals surface area contributed by atoms with Crippen molar-refractivity contribution < 1.29 is 0 Å². The van der Waals surface area contributed by atoms with Gasteiger partial charge in [-0.05, 0) is 0 Å². The van der Waals surface area contributed by atoms with Crippen LogP contribution < -0.4 is 5.56 Å². The lowest BCUT2D eigenvalue weighted by atomic mass is 10.2. The first-order valence-corrected chi connectivity index (χ1v) is 5.10. The zero-order valence-corrected chi connectivity index (χ0v) is 8.79. The summed E-state index contributed by atoms with van der Waals surface area (Å²) in [6.07, 6.45) is 2.94. The second-order valence-electron chi connectivity index (χ2n) is 3.53. The molecule has 2 heterocycles. The molecule has 0 bridgehead atoms. The minimum absolute atomic E-state index is 0.258. The van der Waals surface area contributed by atoms with E-state index in [2.05, 4.69) is 19.9 Å². The van der Waals surface area contributed by atoms with Crippen LogP contribution in [0.4, 0.5) is 0 Å². The zero-order chi connectivity index (χ0) is 11.7. The fourth-order valence-electron chi connectivity index (χ4n) is 1.60. The molecule has 0 radical (unpaired) electrons. The molecule has 0 aliphatic carbocycles. The quantitative estimate of drug-likeness (QED) is 0.677. The highest BCUT2D eigenvalue weighted by molar-refractivity contribution is 5.72. The van der Waals surface area contributed by atoms with Crippen molar-refractivity contribution in [2.24, 2.45) is 0 Å². The lowest BCUT2D eigenvalue weighted by Crippen LogP contribution is -2.09. The summed E-state index contributed by atoms with van der Waals surface area (Å²) in [5.41, 5.74) is 1.92. The van der Waals surface area contributed by atoms with Crippen molar-refractivity contribution in [1.29, 1.82) is 0 Å². The van der Waals surface area contributed by atoms with Gasteiger partial charge in [0.1, 0.15) is 0 Å². The summed E-state index contributed by atoms with van der Waals surface area (Å²) in [7, 11) is 0. The van der Waals surface area contributed by atoms with E-state index in [1.807, 2.05) is 30.3 Å². The highest BCUT2D eigenvalue weighted by Gasteiger charge is 2.05. The van der Waals surface area contributed by atoms with E-state index < -0.39 is 0 Å². The van der Waals surface area contributed by atoms with Gasteiger partial charge in [-0.2, -0.15) is 0 Å². The molecule has 0 unspecified atom stereocenters. The van der Waals surface area contributed by atoms with Gasteiger partial charge in [-0.1, -0.05) is 30.3 Å². The lowest BCUT2D eigenvalue weighted by Gasteiger charge is -2.00. The Morgan fingerprint density at radius 1 is 1.06 bits per heavy atom. The van der Waals surface area contributed by atoms with E-state index in [4.69, 9.17) is 0 Å². The summed E-state index contributed by atoms with van der Waals surface area (Å²) in [6.45, 7) is 0. The lowest BCUT2D eigenvalue weighted by molar-refractivity contribution is 1.11. The van der Waals surface area contributed by atoms with Gasteiger partial charge in [0.25, 0.3) is 5.56 Å². The van der Waals surface area contributed by atoms with Gasteiger partial charge in [0.2, 0.25) is 0 Å². The Labute approximate surface area is 96.2 Å². The normalized spacial score (nSPS) is 10.6. The van der Waals surface area contributed by atoms with E-state index in [1.165, 1.54) is 6.33 Å². The third kappa shape index (κ3) is 1.67. The predicted octanol–water partition coefficient (Wildman–Crippen LogP) is 1.38. The Bertz CT molecular complexity index is 721. The van der Waals surface area contributed by atoms with Crippen molar-refractivity contribution in [2.45, 2.75) is 0 Å². The summed E-state index contributed by atoms with van der Waals surface area (Å²) < 4.78 is 0. The van der Waals surface area contributed by atoms with Crippen LogP contribution in [0.2, 0.25) is 0 Å². The van der Waals surface area contributed by atoms with Gasteiger partial charge in [-0.25, -0.2) is 15.0 Å². The maximum Gasteiger partial charge on any atom is 0.278 e. The number of hydrogen-bond donors (Lipinski definition) is 1. The number of aromatic nitrogens is 4. The van der Waals surface area contributed by atoms with E-state index in [1.54, 1.807) is 6.20 Å². The molecule has 0 saturated heterocycles. The number of nitrogens with zero attached hydrogens (tertiary/aromatic N) is 3. The molecule has 17 heavy (non-hydrogen) atoms. The predicted molar refractivity (Wildman–Crippen MR) is 63.4 cm³/mol. The van der Waals surface area contributed by atoms with E-state index in [0.717, 1.165) is 5.56 Å². The molecule has 0 saturated carbocycles. The first-order chi connectivity index (χ1) is 8.34. The minimum Gasteiger partial charge on any atom is -0.311 e. The van der Waals surface area contributed by atoms with Crippen LogP contribution in [0.3, 0.4) is 0 Å². The molecule has 3 rings (SSSR count). The van der Waals surface area contributed by atoms with Gasteiger partial charge in [-0.3, -0.25) is 4.79 Å². The average Bonchev–Trinajstić information content (AvgIpc) is 2.40. The van der Waals surface area contributed by atoms with Crippen molar-refractivity contribution in [3.8, 4) is 11.3 Å². The van der Waals surface area contributed by atoms with Crippen LogP contribution in [0.5, 0.6) is 0 Å². The van der Waals surface area contributed by atoms with Gasteiger partial charge in [0.05, 0.1) is 18.2 Å². The Hall–Kier alpha value is -2.56. The second-order valence-corrected chi connectivity index (χ2v) is 3.53. The maximum absolute atomic E-state index is 11.6. The summed E-state index contributed by atoms with van der Waals surface area (Å²) in [4.78, 5) is 26.4. The highest BCUT2D eigenvalue weighted by Crippen LogP contribution is 2.15. The molecule has 0 aliphatic heterocycles. The van der Waals surface area contributed by atoms with Crippen LogP contribution in [-0.2, 0) is 0 Å². The largest absolute Gasteiger partial charge is 0.311 e. The summed E-state index contributed by atoms with van der Waals surface area (Å²) in [5, 5.41) is 0. The Morgan fingerprint density at radius 3 is 2.71 bits per heavy atom. The Balaban J connectivity index is 2.27. The summed E-state index contributed by atoms with van der Waals surface area (Å²) in [5.74, 6) is 0. The van der Waals surface area contributed by atoms with E-state index >= 15 is 0 Å². The molecule has 1 N–H and O–H groups in total. The van der Waals surface area contributed by atoms with Crippen LogP contribution in [0, 0.1) is 0 Å². The zero-order valence-electron chi connectivity index (χ0n) is 8.79. The summed E-state index contributed by atoms with van der Waals surface area (Å²) in [6, 6.07) is 9.58. The second kappa shape index (κ2) is 3.79. The van der Waals surface area contributed by atoms with Crippen LogP contribution in [0.25, 0.3) is 22.4 Å². The fourth-order valence-corrected chi connectivity index (χ4v) is 1.60. The van der Waals surface area contributed by atoms with Crippen molar-refractivity contribution in [3.63, 3.8) is 0 Å². The van der Waals surface area contributed by atoms with Gasteiger partial charge < -0.3 is 4.98 Å². The molecule has 5 heteroatoms. The van der Waals surface area contributed by atoms with Crippen molar-refractivity contribution >= 4 is 11.2 Å². The molecular weight excluding hydrogens is 216 g/mol. The van der Waals surface area contributed by atoms with Gasteiger partial charge in [0.15, 0.2) is 11.2 Å². The molecule has 0 fully saturated rings. The number of aromatic amines is 1. The molecule has 0 amide bonds. The highest BCUT2D eigenvalue weighted by atomic mass is 16.1. The SMILES string of the molecule is O=c1[nH]cnc2ncc(-c3ccccc3)nc12. The smallest absolute Gasteiger partial charge is 0.278 e.